The fourth-order valence-electron chi connectivity index (χ4n) is 2.82. The van der Waals surface area contributed by atoms with Gasteiger partial charge in [0.15, 0.2) is 5.13 Å². The Kier molecular flexibility index (Phi) is 5.85. The number of hydrogen-bond acceptors (Lipinski definition) is 4. The maximum atomic E-state index is 12.6. The van der Waals surface area contributed by atoms with E-state index in [0.29, 0.717) is 32.8 Å². The molecular formula is C21H17Cl2N3O2S. The van der Waals surface area contributed by atoms with Crippen LogP contribution in [0.4, 0.5) is 10.8 Å². The molecule has 2 N–H and O–H groups in total. The van der Waals surface area contributed by atoms with Gasteiger partial charge in [-0.05, 0) is 42.7 Å². The van der Waals surface area contributed by atoms with Gasteiger partial charge in [-0.1, -0.05) is 41.4 Å². The van der Waals surface area contributed by atoms with E-state index in [-0.39, 0.29) is 17.7 Å². The summed E-state index contributed by atoms with van der Waals surface area (Å²) in [6.45, 7) is 0. The molecule has 0 atom stereocenters. The van der Waals surface area contributed by atoms with E-state index in [1.807, 2.05) is 12.1 Å². The lowest BCUT2D eigenvalue weighted by molar-refractivity contribution is -0.117. The quantitative estimate of drug-likeness (QED) is 0.515. The fourth-order valence-corrected chi connectivity index (χ4v) is 4.03. The van der Waals surface area contributed by atoms with Gasteiger partial charge in [0.2, 0.25) is 5.91 Å². The minimum Gasteiger partial charge on any atom is -0.326 e. The van der Waals surface area contributed by atoms with E-state index >= 15 is 0 Å². The summed E-state index contributed by atoms with van der Waals surface area (Å²) in [5.41, 5.74) is 1.97. The second-order valence-corrected chi connectivity index (χ2v) is 8.72. The number of nitrogens with one attached hydrogen (secondary N) is 2. The van der Waals surface area contributed by atoms with Crippen molar-refractivity contribution in [3.8, 4) is 0 Å². The van der Waals surface area contributed by atoms with Gasteiger partial charge in [-0.15, -0.1) is 11.3 Å². The molecule has 0 saturated heterocycles. The Balaban J connectivity index is 1.41. The van der Waals surface area contributed by atoms with Crippen molar-refractivity contribution in [2.45, 2.75) is 19.3 Å². The number of carbonyl (C=O) groups is 2. The van der Waals surface area contributed by atoms with Crippen molar-refractivity contribution in [2.24, 2.45) is 5.92 Å². The van der Waals surface area contributed by atoms with Crippen LogP contribution >= 0.6 is 34.5 Å². The second kappa shape index (κ2) is 8.53. The summed E-state index contributed by atoms with van der Waals surface area (Å²) in [6, 6.07) is 12.4. The van der Waals surface area contributed by atoms with Crippen molar-refractivity contribution in [1.29, 1.82) is 0 Å². The number of benzene rings is 2. The van der Waals surface area contributed by atoms with Gasteiger partial charge in [-0.25, -0.2) is 4.98 Å². The summed E-state index contributed by atoms with van der Waals surface area (Å²) >= 11 is 13.7. The largest absolute Gasteiger partial charge is 0.326 e. The van der Waals surface area contributed by atoms with Gasteiger partial charge < -0.3 is 5.32 Å². The van der Waals surface area contributed by atoms with Crippen LogP contribution in [-0.4, -0.2) is 16.8 Å². The van der Waals surface area contributed by atoms with Crippen LogP contribution in [0.25, 0.3) is 0 Å². The van der Waals surface area contributed by atoms with Gasteiger partial charge in [0.25, 0.3) is 5.91 Å². The highest BCUT2D eigenvalue weighted by molar-refractivity contribution is 7.15. The summed E-state index contributed by atoms with van der Waals surface area (Å²) in [5.74, 6) is -0.171. The number of anilines is 2. The molecule has 3 aromatic rings. The first-order valence-corrected chi connectivity index (χ1v) is 10.7. The molecule has 1 saturated carbocycles. The molecule has 0 bridgehead atoms. The SMILES string of the molecule is O=C(Nc1ncc(Cc2cccc(Cl)c2Cl)s1)c1cccc(NC(=O)C2CC2)c1. The third kappa shape index (κ3) is 4.96. The normalized spacial score (nSPS) is 13.2. The summed E-state index contributed by atoms with van der Waals surface area (Å²) in [7, 11) is 0. The standard InChI is InChI=1S/C21H17Cl2N3O2S/c22-17-6-2-3-13(18(17)23)10-16-11-24-21(29-16)26-20(28)14-4-1-5-15(9-14)25-19(27)12-7-8-12/h1-6,9,11-12H,7-8,10H2,(H,25,27)(H,24,26,28). The number of carbonyl (C=O) groups excluding carboxylic acids is 2. The van der Waals surface area contributed by atoms with Crippen molar-refractivity contribution in [3.05, 3.63) is 74.7 Å². The van der Waals surface area contributed by atoms with Crippen LogP contribution in [0, 0.1) is 5.92 Å². The molecular weight excluding hydrogens is 429 g/mol. The number of aromatic nitrogens is 1. The molecule has 2 aromatic carbocycles. The van der Waals surface area contributed by atoms with Crippen molar-refractivity contribution in [3.63, 3.8) is 0 Å². The molecule has 1 heterocycles. The maximum absolute atomic E-state index is 12.6. The summed E-state index contributed by atoms with van der Waals surface area (Å²) in [6.07, 6.45) is 4.15. The smallest absolute Gasteiger partial charge is 0.257 e. The van der Waals surface area contributed by atoms with Gasteiger partial charge in [0, 0.05) is 34.7 Å². The minimum atomic E-state index is -0.283. The predicted molar refractivity (Wildman–Crippen MR) is 117 cm³/mol. The van der Waals surface area contributed by atoms with Crippen LogP contribution in [0.3, 0.4) is 0 Å². The van der Waals surface area contributed by atoms with Crippen molar-refractivity contribution in [2.75, 3.05) is 10.6 Å². The molecule has 1 aliphatic carbocycles. The number of rotatable bonds is 6. The van der Waals surface area contributed by atoms with Crippen molar-refractivity contribution in [1.82, 2.24) is 4.98 Å². The second-order valence-electron chi connectivity index (χ2n) is 6.82. The summed E-state index contributed by atoms with van der Waals surface area (Å²) in [5, 5.41) is 7.18. The van der Waals surface area contributed by atoms with Gasteiger partial charge in [0.05, 0.1) is 10.0 Å². The zero-order chi connectivity index (χ0) is 20.4. The Labute approximate surface area is 182 Å². The van der Waals surface area contributed by atoms with E-state index in [2.05, 4.69) is 15.6 Å². The van der Waals surface area contributed by atoms with Crippen molar-refractivity contribution < 1.29 is 9.59 Å². The highest BCUT2D eigenvalue weighted by atomic mass is 35.5. The van der Waals surface area contributed by atoms with E-state index in [0.717, 1.165) is 23.3 Å². The third-order valence-electron chi connectivity index (χ3n) is 4.51. The highest BCUT2D eigenvalue weighted by Crippen LogP contribution is 2.31. The molecule has 1 aliphatic rings. The minimum absolute atomic E-state index is 0.00630. The van der Waals surface area contributed by atoms with Crippen LogP contribution in [0.1, 0.15) is 33.6 Å². The van der Waals surface area contributed by atoms with Crippen LogP contribution in [0.5, 0.6) is 0 Å². The van der Waals surface area contributed by atoms with E-state index in [9.17, 15) is 9.59 Å². The molecule has 0 unspecified atom stereocenters. The van der Waals surface area contributed by atoms with Gasteiger partial charge in [0.1, 0.15) is 0 Å². The van der Waals surface area contributed by atoms with Crippen molar-refractivity contribution >= 4 is 57.2 Å². The van der Waals surface area contributed by atoms with Crippen LogP contribution in [-0.2, 0) is 11.2 Å². The Morgan fingerprint density at radius 2 is 1.90 bits per heavy atom. The molecule has 2 amide bonds. The lowest BCUT2D eigenvalue weighted by Crippen LogP contribution is -2.15. The average molecular weight is 446 g/mol. The monoisotopic (exact) mass is 445 g/mol. The molecule has 0 radical (unpaired) electrons. The van der Waals surface area contributed by atoms with Crippen LogP contribution in [0.15, 0.2) is 48.7 Å². The highest BCUT2D eigenvalue weighted by Gasteiger charge is 2.29. The Bertz CT molecular complexity index is 1080. The van der Waals surface area contributed by atoms with Gasteiger partial charge >= 0.3 is 0 Å². The molecule has 4 rings (SSSR count). The molecule has 0 aliphatic heterocycles. The zero-order valence-corrected chi connectivity index (χ0v) is 17.6. The summed E-state index contributed by atoms with van der Waals surface area (Å²) in [4.78, 5) is 29.7. The first kappa shape index (κ1) is 19.9. The maximum Gasteiger partial charge on any atom is 0.257 e. The number of amides is 2. The van der Waals surface area contributed by atoms with E-state index < -0.39 is 0 Å². The lowest BCUT2D eigenvalue weighted by atomic mass is 10.1. The first-order valence-electron chi connectivity index (χ1n) is 9.09. The first-order chi connectivity index (χ1) is 14.0. The molecule has 29 heavy (non-hydrogen) atoms. The van der Waals surface area contributed by atoms with E-state index in [1.54, 1.807) is 36.5 Å². The molecule has 0 spiro atoms. The van der Waals surface area contributed by atoms with Crippen LogP contribution < -0.4 is 10.6 Å². The van der Waals surface area contributed by atoms with E-state index in [1.165, 1.54) is 11.3 Å². The number of hydrogen-bond donors (Lipinski definition) is 2. The average Bonchev–Trinajstić information content (AvgIpc) is 3.47. The Morgan fingerprint density at radius 3 is 2.69 bits per heavy atom. The van der Waals surface area contributed by atoms with Crippen LogP contribution in [0.2, 0.25) is 10.0 Å². The molecule has 148 valence electrons. The molecule has 5 nitrogen and oxygen atoms in total. The van der Waals surface area contributed by atoms with E-state index in [4.69, 9.17) is 23.2 Å². The number of nitrogens with zero attached hydrogens (tertiary/aromatic N) is 1. The van der Waals surface area contributed by atoms with Gasteiger partial charge in [-0.3, -0.25) is 14.9 Å². The predicted octanol–water partition coefficient (Wildman–Crippen LogP) is 5.64. The third-order valence-corrected chi connectivity index (χ3v) is 6.28. The Morgan fingerprint density at radius 1 is 1.10 bits per heavy atom. The number of halogens is 2. The summed E-state index contributed by atoms with van der Waals surface area (Å²) < 4.78 is 0. The lowest BCUT2D eigenvalue weighted by Gasteiger charge is -2.07. The zero-order valence-electron chi connectivity index (χ0n) is 15.2. The topological polar surface area (TPSA) is 71.1 Å². The Hall–Kier alpha value is -2.41. The fraction of sp³-hybridized carbons (Fsp3) is 0.190. The number of thiazole rings is 1. The molecule has 8 heteroatoms. The molecule has 1 fully saturated rings. The molecule has 1 aromatic heterocycles. The van der Waals surface area contributed by atoms with Gasteiger partial charge in [-0.2, -0.15) is 0 Å².